The molecule has 2 rings (SSSR count). The van der Waals surface area contributed by atoms with Crippen LogP contribution in [0.2, 0.25) is 0 Å². The first-order chi connectivity index (χ1) is 12.1. The summed E-state index contributed by atoms with van der Waals surface area (Å²) >= 11 is 1.76. The Balaban J connectivity index is 1.70. The molecule has 25 heavy (non-hydrogen) atoms. The summed E-state index contributed by atoms with van der Waals surface area (Å²) < 4.78 is 18.5. The molecule has 0 aliphatic rings. The molecule has 1 heterocycles. The average molecular weight is 364 g/mol. The second kappa shape index (κ2) is 9.98. The minimum Gasteiger partial charge on any atom is -0.492 e. The Labute approximate surface area is 152 Å². The molecular formula is C18H25FN4OS. The maximum Gasteiger partial charge on any atom is 0.193 e. The molecule has 7 heteroatoms. The molecule has 1 aromatic carbocycles. The van der Waals surface area contributed by atoms with Crippen LogP contribution in [-0.4, -0.2) is 49.6 Å². The molecule has 0 saturated carbocycles. The first-order valence-electron chi connectivity index (χ1n) is 8.36. The molecule has 5 nitrogen and oxygen atoms in total. The summed E-state index contributed by atoms with van der Waals surface area (Å²) in [6, 6.07) is 6.03. The van der Waals surface area contributed by atoms with Crippen LogP contribution in [0, 0.1) is 5.82 Å². The number of rotatable bonds is 8. The Morgan fingerprint density at radius 3 is 2.76 bits per heavy atom. The number of nitrogens with zero attached hydrogens (tertiary/aromatic N) is 3. The zero-order chi connectivity index (χ0) is 18.1. The predicted octanol–water partition coefficient (Wildman–Crippen LogP) is 2.97. The standard InChI is InChI=1S/C18H25FN4OS/c1-4-16-13-22-17(25-16)9-10-21-18(20-2)23(3)11-12-24-15-7-5-14(19)6-8-15/h5-8,13H,4,9-12H2,1-3H3,(H,20,21). The Hall–Kier alpha value is -2.15. The van der Waals surface area contributed by atoms with E-state index in [4.69, 9.17) is 4.74 Å². The average Bonchev–Trinajstić information content (AvgIpc) is 3.08. The van der Waals surface area contributed by atoms with Crippen LogP contribution in [0.3, 0.4) is 0 Å². The number of benzene rings is 1. The van der Waals surface area contributed by atoms with E-state index in [0.29, 0.717) is 18.9 Å². The highest BCUT2D eigenvalue weighted by Gasteiger charge is 2.07. The highest BCUT2D eigenvalue weighted by Crippen LogP contribution is 2.13. The van der Waals surface area contributed by atoms with Gasteiger partial charge in [0.15, 0.2) is 5.96 Å². The Bertz CT molecular complexity index is 672. The first kappa shape index (κ1) is 19.2. The van der Waals surface area contributed by atoms with Crippen LogP contribution in [0.15, 0.2) is 35.5 Å². The molecule has 0 radical (unpaired) electrons. The third-order valence-corrected chi connectivity index (χ3v) is 4.86. The van der Waals surface area contributed by atoms with Crippen LogP contribution in [0.1, 0.15) is 16.8 Å². The number of nitrogens with one attached hydrogen (secondary N) is 1. The number of likely N-dealkylation sites (N-methyl/N-ethyl adjacent to an activating group) is 1. The molecule has 136 valence electrons. The molecule has 0 amide bonds. The summed E-state index contributed by atoms with van der Waals surface area (Å²) in [5.41, 5.74) is 0. The number of halogens is 1. The molecule has 0 aliphatic heterocycles. The fraction of sp³-hybridized carbons (Fsp3) is 0.444. The number of guanidine groups is 1. The maximum atomic E-state index is 12.9. The SMILES string of the molecule is CCc1cnc(CCNC(=NC)N(C)CCOc2ccc(F)cc2)s1. The van der Waals surface area contributed by atoms with Gasteiger partial charge in [-0.15, -0.1) is 11.3 Å². The molecule has 0 saturated heterocycles. The van der Waals surface area contributed by atoms with E-state index in [1.807, 2.05) is 18.1 Å². The van der Waals surface area contributed by atoms with Gasteiger partial charge in [0.25, 0.3) is 0 Å². The molecule has 0 unspecified atom stereocenters. The van der Waals surface area contributed by atoms with E-state index < -0.39 is 0 Å². The number of ether oxygens (including phenoxy) is 1. The third kappa shape index (κ3) is 6.34. The van der Waals surface area contributed by atoms with Gasteiger partial charge in [0.2, 0.25) is 0 Å². The van der Waals surface area contributed by atoms with Crippen molar-refractivity contribution < 1.29 is 9.13 Å². The second-order valence-corrected chi connectivity index (χ2v) is 6.72. The number of aromatic nitrogens is 1. The summed E-state index contributed by atoms with van der Waals surface area (Å²) in [6.45, 7) is 4.09. The highest BCUT2D eigenvalue weighted by molar-refractivity contribution is 7.11. The summed E-state index contributed by atoms with van der Waals surface area (Å²) in [4.78, 5) is 12.0. The Morgan fingerprint density at radius 1 is 1.36 bits per heavy atom. The Morgan fingerprint density at radius 2 is 2.12 bits per heavy atom. The molecule has 2 aromatic rings. The van der Waals surface area contributed by atoms with Gasteiger partial charge in [-0.05, 0) is 30.7 Å². The van der Waals surface area contributed by atoms with Crippen LogP contribution in [-0.2, 0) is 12.8 Å². The maximum absolute atomic E-state index is 12.9. The molecule has 0 spiro atoms. The zero-order valence-electron chi connectivity index (χ0n) is 15.0. The van der Waals surface area contributed by atoms with Crippen molar-refractivity contribution >= 4 is 17.3 Å². The zero-order valence-corrected chi connectivity index (χ0v) is 15.8. The second-order valence-electron chi connectivity index (χ2n) is 5.52. The van der Waals surface area contributed by atoms with E-state index in [-0.39, 0.29) is 5.82 Å². The van der Waals surface area contributed by atoms with Crippen molar-refractivity contribution in [2.45, 2.75) is 19.8 Å². The summed E-state index contributed by atoms with van der Waals surface area (Å²) in [6.07, 6.45) is 3.86. The van der Waals surface area contributed by atoms with Gasteiger partial charge in [0, 0.05) is 38.1 Å². The summed E-state index contributed by atoms with van der Waals surface area (Å²) in [7, 11) is 3.72. The fourth-order valence-corrected chi connectivity index (χ4v) is 3.09. The molecule has 0 bridgehead atoms. The van der Waals surface area contributed by atoms with Crippen molar-refractivity contribution in [2.24, 2.45) is 4.99 Å². The van der Waals surface area contributed by atoms with Crippen molar-refractivity contribution in [1.29, 1.82) is 0 Å². The van der Waals surface area contributed by atoms with Gasteiger partial charge in [-0.1, -0.05) is 6.92 Å². The molecule has 1 N–H and O–H groups in total. The van der Waals surface area contributed by atoms with E-state index in [1.54, 1.807) is 30.5 Å². The number of aliphatic imine (C=N–C) groups is 1. The molecule has 1 aromatic heterocycles. The van der Waals surface area contributed by atoms with Gasteiger partial charge in [-0.25, -0.2) is 9.37 Å². The van der Waals surface area contributed by atoms with Crippen LogP contribution >= 0.6 is 11.3 Å². The summed E-state index contributed by atoms with van der Waals surface area (Å²) in [5, 5.41) is 4.48. The number of aryl methyl sites for hydroxylation is 1. The van der Waals surface area contributed by atoms with Gasteiger partial charge < -0.3 is 15.0 Å². The lowest BCUT2D eigenvalue weighted by Gasteiger charge is -2.22. The van der Waals surface area contributed by atoms with Gasteiger partial charge in [-0.2, -0.15) is 0 Å². The number of hydrogen-bond donors (Lipinski definition) is 1. The first-order valence-corrected chi connectivity index (χ1v) is 9.17. The van der Waals surface area contributed by atoms with Crippen molar-refractivity contribution in [1.82, 2.24) is 15.2 Å². The van der Waals surface area contributed by atoms with Gasteiger partial charge in [0.05, 0.1) is 11.6 Å². The summed E-state index contributed by atoms with van der Waals surface area (Å²) in [5.74, 6) is 1.21. The van der Waals surface area contributed by atoms with E-state index in [0.717, 1.165) is 30.4 Å². The topological polar surface area (TPSA) is 49.8 Å². The van der Waals surface area contributed by atoms with Crippen LogP contribution < -0.4 is 10.1 Å². The highest BCUT2D eigenvalue weighted by atomic mass is 32.1. The van der Waals surface area contributed by atoms with Crippen molar-refractivity contribution in [2.75, 3.05) is 33.8 Å². The lowest BCUT2D eigenvalue weighted by molar-refractivity contribution is 0.281. The largest absolute Gasteiger partial charge is 0.492 e. The molecular weight excluding hydrogens is 339 g/mol. The third-order valence-electron chi connectivity index (χ3n) is 3.65. The van der Waals surface area contributed by atoms with Crippen LogP contribution in [0.4, 0.5) is 4.39 Å². The van der Waals surface area contributed by atoms with Gasteiger partial charge >= 0.3 is 0 Å². The lowest BCUT2D eigenvalue weighted by Crippen LogP contribution is -2.41. The minimum absolute atomic E-state index is 0.264. The quantitative estimate of drug-likeness (QED) is 0.578. The van der Waals surface area contributed by atoms with Crippen molar-refractivity contribution in [3.05, 3.63) is 46.2 Å². The van der Waals surface area contributed by atoms with Crippen LogP contribution in [0.25, 0.3) is 0 Å². The van der Waals surface area contributed by atoms with Crippen molar-refractivity contribution in [3.8, 4) is 5.75 Å². The normalized spacial score (nSPS) is 11.4. The predicted molar refractivity (Wildman–Crippen MR) is 101 cm³/mol. The van der Waals surface area contributed by atoms with E-state index in [1.165, 1.54) is 17.0 Å². The minimum atomic E-state index is -0.264. The van der Waals surface area contributed by atoms with Gasteiger partial charge in [0.1, 0.15) is 18.2 Å². The number of thiazole rings is 1. The van der Waals surface area contributed by atoms with E-state index in [2.05, 4.69) is 22.2 Å². The molecule has 0 atom stereocenters. The monoisotopic (exact) mass is 364 g/mol. The molecule has 0 fully saturated rings. The van der Waals surface area contributed by atoms with E-state index in [9.17, 15) is 4.39 Å². The molecule has 0 aliphatic carbocycles. The lowest BCUT2D eigenvalue weighted by atomic mass is 10.3. The van der Waals surface area contributed by atoms with E-state index >= 15 is 0 Å². The van der Waals surface area contributed by atoms with Crippen LogP contribution in [0.5, 0.6) is 5.75 Å². The smallest absolute Gasteiger partial charge is 0.193 e. The van der Waals surface area contributed by atoms with Crippen molar-refractivity contribution in [3.63, 3.8) is 0 Å². The fourth-order valence-electron chi connectivity index (χ4n) is 2.23. The number of hydrogen-bond acceptors (Lipinski definition) is 4. The Kier molecular flexibility index (Phi) is 7.66. The van der Waals surface area contributed by atoms with Gasteiger partial charge in [-0.3, -0.25) is 4.99 Å².